The number of ether oxygens (including phenoxy) is 1. The number of hydrogen-bond donors (Lipinski definition) is 3. The van der Waals surface area contributed by atoms with Crippen LogP contribution in [0.4, 0.5) is 17.6 Å². The predicted octanol–water partition coefficient (Wildman–Crippen LogP) is 2.53. The van der Waals surface area contributed by atoms with E-state index >= 15 is 0 Å². The SMILES string of the molecule is COc1cccc(-n2c(CCNc3nc(N)nc(N)c3C#N)nc3cccc(Cl)c3c2=O)c1. The lowest BCUT2D eigenvalue weighted by atomic mass is 10.2. The number of nitrogens with two attached hydrogens (primary N) is 2. The summed E-state index contributed by atoms with van der Waals surface area (Å²) in [6.45, 7) is 0.285. The summed E-state index contributed by atoms with van der Waals surface area (Å²) in [5, 5.41) is 13.0. The molecule has 5 N–H and O–H groups in total. The van der Waals surface area contributed by atoms with Crippen molar-refractivity contribution < 1.29 is 4.74 Å². The van der Waals surface area contributed by atoms with Crippen molar-refractivity contribution in [3.8, 4) is 17.5 Å². The summed E-state index contributed by atoms with van der Waals surface area (Å²) in [6, 6.07) is 14.2. The third kappa shape index (κ3) is 4.22. The van der Waals surface area contributed by atoms with Crippen molar-refractivity contribution in [3.05, 3.63) is 69.2 Å². The van der Waals surface area contributed by atoms with Crippen molar-refractivity contribution in [2.75, 3.05) is 30.4 Å². The summed E-state index contributed by atoms with van der Waals surface area (Å²) in [6.07, 6.45) is 0.309. The molecule has 33 heavy (non-hydrogen) atoms. The van der Waals surface area contributed by atoms with E-state index in [-0.39, 0.29) is 35.3 Å². The van der Waals surface area contributed by atoms with Crippen molar-refractivity contribution in [1.29, 1.82) is 5.26 Å². The highest BCUT2D eigenvalue weighted by Gasteiger charge is 2.16. The molecular weight excluding hydrogens is 444 g/mol. The number of nitrogens with zero attached hydrogens (tertiary/aromatic N) is 5. The Morgan fingerprint density at radius 1 is 1.18 bits per heavy atom. The number of nitrogens with one attached hydrogen (secondary N) is 1. The smallest absolute Gasteiger partial charge is 0.267 e. The maximum atomic E-state index is 13.5. The Morgan fingerprint density at radius 2 is 1.97 bits per heavy atom. The topological polar surface area (TPSA) is 158 Å². The molecule has 0 atom stereocenters. The molecule has 2 aromatic heterocycles. The van der Waals surface area contributed by atoms with Crippen LogP contribution in [0.25, 0.3) is 16.6 Å². The lowest BCUT2D eigenvalue weighted by molar-refractivity contribution is 0.414. The fraction of sp³-hybridized carbons (Fsp3) is 0.136. The number of aromatic nitrogens is 4. The molecular formula is C22H19ClN8O2. The average Bonchev–Trinajstić information content (AvgIpc) is 2.79. The lowest BCUT2D eigenvalue weighted by Crippen LogP contribution is -2.26. The first-order valence-corrected chi connectivity index (χ1v) is 10.2. The number of fused-ring (bicyclic) bond motifs is 1. The summed E-state index contributed by atoms with van der Waals surface area (Å²) in [7, 11) is 1.55. The summed E-state index contributed by atoms with van der Waals surface area (Å²) < 4.78 is 6.80. The lowest BCUT2D eigenvalue weighted by Gasteiger charge is -2.15. The molecule has 0 aliphatic heterocycles. The zero-order valence-corrected chi connectivity index (χ0v) is 18.3. The molecule has 2 heterocycles. The summed E-state index contributed by atoms with van der Waals surface area (Å²) >= 11 is 6.32. The van der Waals surface area contributed by atoms with E-state index in [9.17, 15) is 10.1 Å². The highest BCUT2D eigenvalue weighted by molar-refractivity contribution is 6.35. The second-order valence-electron chi connectivity index (χ2n) is 6.98. The van der Waals surface area contributed by atoms with Crippen LogP contribution in [0.3, 0.4) is 0 Å². The van der Waals surface area contributed by atoms with Crippen LogP contribution in [0, 0.1) is 11.3 Å². The Hall–Kier alpha value is -4.36. The molecule has 0 radical (unpaired) electrons. The number of hydrogen-bond acceptors (Lipinski definition) is 9. The van der Waals surface area contributed by atoms with E-state index in [1.165, 1.54) is 4.57 Å². The molecule has 0 bridgehead atoms. The molecule has 0 spiro atoms. The number of halogens is 1. The summed E-state index contributed by atoms with van der Waals surface area (Å²) in [4.78, 5) is 26.0. The van der Waals surface area contributed by atoms with Gasteiger partial charge < -0.3 is 21.5 Å². The van der Waals surface area contributed by atoms with Gasteiger partial charge in [-0.05, 0) is 24.3 Å². The number of nitrogen functional groups attached to an aromatic ring is 2. The number of anilines is 3. The van der Waals surface area contributed by atoms with E-state index in [0.29, 0.717) is 39.6 Å². The summed E-state index contributed by atoms with van der Waals surface area (Å²) in [5.41, 5.74) is 12.3. The van der Waals surface area contributed by atoms with Gasteiger partial charge in [-0.2, -0.15) is 15.2 Å². The molecule has 0 aliphatic rings. The second-order valence-corrected chi connectivity index (χ2v) is 7.39. The minimum Gasteiger partial charge on any atom is -0.497 e. The van der Waals surface area contributed by atoms with E-state index in [1.807, 2.05) is 6.07 Å². The van der Waals surface area contributed by atoms with Crippen molar-refractivity contribution in [1.82, 2.24) is 19.5 Å². The Labute approximate surface area is 193 Å². The maximum Gasteiger partial charge on any atom is 0.267 e. The van der Waals surface area contributed by atoms with E-state index in [0.717, 1.165) is 0 Å². The Bertz CT molecular complexity index is 1460. The van der Waals surface area contributed by atoms with Crippen LogP contribution in [-0.2, 0) is 6.42 Å². The largest absolute Gasteiger partial charge is 0.497 e. The van der Waals surface area contributed by atoms with E-state index in [1.54, 1.807) is 49.6 Å². The van der Waals surface area contributed by atoms with Gasteiger partial charge in [-0.1, -0.05) is 23.7 Å². The quantitative estimate of drug-likeness (QED) is 0.391. The zero-order chi connectivity index (χ0) is 23.5. The van der Waals surface area contributed by atoms with Gasteiger partial charge in [0.2, 0.25) is 5.95 Å². The molecule has 4 rings (SSSR count). The number of benzene rings is 2. The first-order valence-electron chi connectivity index (χ1n) is 9.84. The van der Waals surface area contributed by atoms with Crippen LogP contribution in [0.2, 0.25) is 5.02 Å². The van der Waals surface area contributed by atoms with Crippen LogP contribution in [0.15, 0.2) is 47.3 Å². The molecule has 0 unspecified atom stereocenters. The molecule has 166 valence electrons. The number of nitriles is 1. The van der Waals surface area contributed by atoms with Gasteiger partial charge >= 0.3 is 0 Å². The average molecular weight is 463 g/mol. The molecule has 0 saturated heterocycles. The van der Waals surface area contributed by atoms with Gasteiger partial charge in [0.15, 0.2) is 5.82 Å². The van der Waals surface area contributed by atoms with Gasteiger partial charge in [-0.3, -0.25) is 9.36 Å². The third-order valence-electron chi connectivity index (χ3n) is 4.93. The van der Waals surface area contributed by atoms with Gasteiger partial charge in [-0.15, -0.1) is 0 Å². The van der Waals surface area contributed by atoms with Crippen molar-refractivity contribution >= 4 is 40.1 Å². The van der Waals surface area contributed by atoms with Gasteiger partial charge in [-0.25, -0.2) is 4.98 Å². The molecule has 0 saturated carbocycles. The molecule has 0 amide bonds. The highest BCUT2D eigenvalue weighted by atomic mass is 35.5. The van der Waals surface area contributed by atoms with Gasteiger partial charge in [0.05, 0.1) is 28.7 Å². The molecule has 11 heteroatoms. The van der Waals surface area contributed by atoms with E-state index in [4.69, 9.17) is 27.8 Å². The monoisotopic (exact) mass is 462 g/mol. The van der Waals surface area contributed by atoms with Gasteiger partial charge in [0.1, 0.15) is 29.0 Å². The van der Waals surface area contributed by atoms with Crippen LogP contribution >= 0.6 is 11.6 Å². The molecule has 10 nitrogen and oxygen atoms in total. The molecule has 4 aromatic rings. The Morgan fingerprint density at radius 3 is 2.73 bits per heavy atom. The molecule has 0 fully saturated rings. The standard InChI is InChI=1S/C22H19ClN8O2/c1-33-13-5-2-4-12(10-13)31-17(28-16-7-3-6-15(23)18(16)21(31)32)8-9-27-20-14(11-24)19(25)29-22(26)30-20/h2-7,10H,8-9H2,1H3,(H5,25,26,27,29,30). The second kappa shape index (κ2) is 9.02. The van der Waals surface area contributed by atoms with E-state index in [2.05, 4.69) is 20.3 Å². The fourth-order valence-electron chi connectivity index (χ4n) is 3.45. The van der Waals surface area contributed by atoms with Crippen molar-refractivity contribution in [2.45, 2.75) is 6.42 Å². The van der Waals surface area contributed by atoms with Gasteiger partial charge in [0.25, 0.3) is 5.56 Å². The molecule has 0 aliphatic carbocycles. The minimum atomic E-state index is -0.304. The number of methoxy groups -OCH3 is 1. The molecule has 2 aromatic carbocycles. The normalized spacial score (nSPS) is 10.7. The summed E-state index contributed by atoms with van der Waals surface area (Å²) in [5.74, 6) is 1.21. The van der Waals surface area contributed by atoms with Crippen molar-refractivity contribution in [3.63, 3.8) is 0 Å². The number of rotatable bonds is 6. The maximum absolute atomic E-state index is 13.5. The fourth-order valence-corrected chi connectivity index (χ4v) is 3.70. The first kappa shape index (κ1) is 21.9. The van der Waals surface area contributed by atoms with E-state index < -0.39 is 0 Å². The van der Waals surface area contributed by atoms with Crippen LogP contribution in [0.1, 0.15) is 11.4 Å². The Kier molecular flexibility index (Phi) is 5.97. The van der Waals surface area contributed by atoms with Crippen LogP contribution in [-0.4, -0.2) is 33.2 Å². The van der Waals surface area contributed by atoms with Crippen LogP contribution in [0.5, 0.6) is 5.75 Å². The van der Waals surface area contributed by atoms with Crippen LogP contribution < -0.4 is 27.1 Å². The minimum absolute atomic E-state index is 0.0146. The third-order valence-corrected chi connectivity index (χ3v) is 5.25. The highest BCUT2D eigenvalue weighted by Crippen LogP contribution is 2.23. The zero-order valence-electron chi connectivity index (χ0n) is 17.5. The van der Waals surface area contributed by atoms with Gasteiger partial charge in [0, 0.05) is 19.0 Å². The predicted molar refractivity (Wildman–Crippen MR) is 127 cm³/mol. The Balaban J connectivity index is 1.77. The van der Waals surface area contributed by atoms with Crippen molar-refractivity contribution in [2.24, 2.45) is 0 Å². The first-order chi connectivity index (χ1) is 15.9.